The first-order chi connectivity index (χ1) is 12.7. The van der Waals surface area contributed by atoms with Gasteiger partial charge in [0.2, 0.25) is 11.8 Å². The van der Waals surface area contributed by atoms with Crippen molar-refractivity contribution >= 4 is 39.8 Å². The summed E-state index contributed by atoms with van der Waals surface area (Å²) < 4.78 is 0. The third-order valence-electron chi connectivity index (χ3n) is 4.78. The molecule has 1 aromatic carbocycles. The highest BCUT2D eigenvalue weighted by Crippen LogP contribution is 2.29. The lowest BCUT2D eigenvalue weighted by molar-refractivity contribution is -0.126. The van der Waals surface area contributed by atoms with Gasteiger partial charge in [0.25, 0.3) is 0 Å². The number of para-hydroxylation sites is 2. The smallest absolute Gasteiger partial charge is 0.247 e. The molecule has 1 aromatic heterocycles. The number of H-pyrrole nitrogens is 1. The monoisotopic (exact) mass is 371 g/mol. The number of amidine groups is 1. The first kappa shape index (κ1) is 17.1. The Morgan fingerprint density at radius 2 is 2.12 bits per heavy atom. The number of amides is 2. The number of hydrogen-bond donors (Lipinski definition) is 2. The van der Waals surface area contributed by atoms with Crippen molar-refractivity contribution in [2.24, 2.45) is 5.10 Å². The lowest BCUT2D eigenvalue weighted by atomic mass is 9.94. The van der Waals surface area contributed by atoms with Gasteiger partial charge >= 0.3 is 0 Å². The van der Waals surface area contributed by atoms with Crippen LogP contribution in [0.15, 0.2) is 29.4 Å². The van der Waals surface area contributed by atoms with Crippen LogP contribution in [0.25, 0.3) is 11.0 Å². The van der Waals surface area contributed by atoms with Gasteiger partial charge < -0.3 is 4.98 Å². The number of imidazole rings is 1. The maximum absolute atomic E-state index is 12.2. The summed E-state index contributed by atoms with van der Waals surface area (Å²) in [5.74, 6) is 0.838. The summed E-state index contributed by atoms with van der Waals surface area (Å²) in [6, 6.07) is 7.87. The lowest BCUT2D eigenvalue weighted by Crippen LogP contribution is -2.41. The minimum atomic E-state index is -0.250. The van der Waals surface area contributed by atoms with Gasteiger partial charge in [-0.25, -0.2) is 10.4 Å². The van der Waals surface area contributed by atoms with Gasteiger partial charge in [0, 0.05) is 6.04 Å². The van der Waals surface area contributed by atoms with E-state index in [9.17, 15) is 9.59 Å². The molecule has 8 heteroatoms. The molecule has 1 aliphatic carbocycles. The Morgan fingerprint density at radius 3 is 2.92 bits per heavy atom. The molecule has 2 amide bonds. The molecule has 1 saturated heterocycles. The molecule has 2 N–H and O–H groups in total. The van der Waals surface area contributed by atoms with E-state index in [4.69, 9.17) is 0 Å². The zero-order chi connectivity index (χ0) is 17.9. The Hall–Kier alpha value is -2.35. The van der Waals surface area contributed by atoms with Crippen LogP contribution in [-0.2, 0) is 16.0 Å². The third kappa shape index (κ3) is 3.60. The summed E-state index contributed by atoms with van der Waals surface area (Å²) in [6.45, 7) is 0. The van der Waals surface area contributed by atoms with Gasteiger partial charge in [-0.15, -0.1) is 5.10 Å². The number of rotatable bonds is 4. The van der Waals surface area contributed by atoms with Crippen molar-refractivity contribution < 1.29 is 9.59 Å². The first-order valence-corrected chi connectivity index (χ1v) is 9.94. The highest BCUT2D eigenvalue weighted by molar-refractivity contribution is 8.15. The Bertz CT molecular complexity index is 823. The number of hydrazone groups is 1. The highest BCUT2D eigenvalue weighted by Gasteiger charge is 2.35. The minimum Gasteiger partial charge on any atom is -0.342 e. The van der Waals surface area contributed by atoms with E-state index in [1.54, 1.807) is 4.90 Å². The fourth-order valence-corrected chi connectivity index (χ4v) is 4.44. The van der Waals surface area contributed by atoms with E-state index in [2.05, 4.69) is 20.5 Å². The second-order valence-corrected chi connectivity index (χ2v) is 7.59. The van der Waals surface area contributed by atoms with Gasteiger partial charge in [0.1, 0.15) is 5.82 Å². The van der Waals surface area contributed by atoms with Crippen LogP contribution in [0.3, 0.4) is 0 Å². The Balaban J connectivity index is 1.41. The fraction of sp³-hybridized carbons (Fsp3) is 0.444. The van der Waals surface area contributed by atoms with Gasteiger partial charge in [-0.05, 0) is 25.0 Å². The summed E-state index contributed by atoms with van der Waals surface area (Å²) in [4.78, 5) is 33.7. The number of nitrogens with one attached hydrogen (secondary N) is 2. The van der Waals surface area contributed by atoms with Crippen molar-refractivity contribution in [3.05, 3.63) is 30.1 Å². The largest absolute Gasteiger partial charge is 0.342 e. The first-order valence-electron chi connectivity index (χ1n) is 8.96. The van der Waals surface area contributed by atoms with Gasteiger partial charge in [0.05, 0.1) is 23.2 Å². The van der Waals surface area contributed by atoms with Gasteiger partial charge in [-0.2, -0.15) is 0 Å². The van der Waals surface area contributed by atoms with Crippen LogP contribution in [0, 0.1) is 0 Å². The number of fused-ring (bicyclic) bond motifs is 1. The number of benzene rings is 1. The van der Waals surface area contributed by atoms with Crippen LogP contribution in [0.1, 0.15) is 37.9 Å². The summed E-state index contributed by atoms with van der Waals surface area (Å²) >= 11 is 1.39. The summed E-state index contributed by atoms with van der Waals surface area (Å²) in [7, 11) is 0. The van der Waals surface area contributed by atoms with Gasteiger partial charge in [-0.1, -0.05) is 43.2 Å². The van der Waals surface area contributed by atoms with Crippen LogP contribution in [0.2, 0.25) is 0 Å². The molecule has 2 heterocycles. The molecular weight excluding hydrogens is 350 g/mol. The summed E-state index contributed by atoms with van der Waals surface area (Å²) in [5.41, 5.74) is 4.32. The number of nitrogens with zero attached hydrogens (tertiary/aromatic N) is 3. The molecule has 4 rings (SSSR count). The Kier molecular flexibility index (Phi) is 4.92. The van der Waals surface area contributed by atoms with Crippen LogP contribution in [-0.4, -0.2) is 43.6 Å². The molecule has 0 unspecified atom stereocenters. The fourth-order valence-electron chi connectivity index (χ4n) is 3.55. The normalized spacial score (nSPS) is 20.2. The van der Waals surface area contributed by atoms with Gasteiger partial charge in [-0.3, -0.25) is 14.5 Å². The number of carbonyl (C=O) groups excluding carboxylic acids is 2. The van der Waals surface area contributed by atoms with Crippen LogP contribution < -0.4 is 5.43 Å². The quantitative estimate of drug-likeness (QED) is 0.808. The molecule has 1 saturated carbocycles. The van der Waals surface area contributed by atoms with Crippen molar-refractivity contribution in [3.63, 3.8) is 0 Å². The second kappa shape index (κ2) is 7.49. The average molecular weight is 371 g/mol. The van der Waals surface area contributed by atoms with E-state index >= 15 is 0 Å². The van der Waals surface area contributed by atoms with Crippen molar-refractivity contribution in [1.29, 1.82) is 0 Å². The van der Waals surface area contributed by atoms with Crippen molar-refractivity contribution in [2.45, 2.75) is 44.6 Å². The number of aromatic nitrogens is 2. The van der Waals surface area contributed by atoms with E-state index in [-0.39, 0.29) is 24.3 Å². The predicted molar refractivity (Wildman–Crippen MR) is 102 cm³/mol. The van der Waals surface area contributed by atoms with Crippen LogP contribution >= 0.6 is 11.8 Å². The topological polar surface area (TPSA) is 90.5 Å². The molecule has 136 valence electrons. The molecule has 2 fully saturated rings. The number of hydrogen-bond acceptors (Lipinski definition) is 5. The van der Waals surface area contributed by atoms with Gasteiger partial charge in [0.15, 0.2) is 5.17 Å². The molecule has 0 radical (unpaired) electrons. The van der Waals surface area contributed by atoms with E-state index in [1.807, 2.05) is 24.3 Å². The second-order valence-electron chi connectivity index (χ2n) is 6.65. The molecule has 0 atom stereocenters. The molecule has 7 nitrogen and oxygen atoms in total. The zero-order valence-electron chi connectivity index (χ0n) is 14.4. The number of aromatic amines is 1. The van der Waals surface area contributed by atoms with Crippen LogP contribution in [0.4, 0.5) is 0 Å². The van der Waals surface area contributed by atoms with E-state index < -0.39 is 0 Å². The SMILES string of the molecule is O=C(Cc1nc2ccccc2[nH]1)NN=C1SCC(=O)N1C1CCCCC1. The zero-order valence-corrected chi connectivity index (χ0v) is 15.2. The van der Waals surface area contributed by atoms with Crippen molar-refractivity contribution in [2.75, 3.05) is 5.75 Å². The number of thioether (sulfide) groups is 1. The molecule has 2 aromatic rings. The maximum Gasteiger partial charge on any atom is 0.247 e. The van der Waals surface area contributed by atoms with Crippen molar-refractivity contribution in [3.8, 4) is 0 Å². The predicted octanol–water partition coefficient (Wildman–Crippen LogP) is 2.40. The van der Waals surface area contributed by atoms with Crippen LogP contribution in [0.5, 0.6) is 0 Å². The molecule has 1 aliphatic heterocycles. The molecule has 2 aliphatic rings. The standard InChI is InChI=1S/C18H21N5O2S/c24-16(10-15-19-13-8-4-5-9-14(13)20-15)21-22-18-23(17(25)11-26-18)12-6-2-1-3-7-12/h4-5,8-9,12H,1-3,6-7,10-11H2,(H,19,20)(H,21,24). The van der Waals surface area contributed by atoms with E-state index in [0.717, 1.165) is 36.7 Å². The third-order valence-corrected chi connectivity index (χ3v) is 5.72. The molecule has 26 heavy (non-hydrogen) atoms. The Labute approximate surface area is 155 Å². The highest BCUT2D eigenvalue weighted by atomic mass is 32.2. The summed E-state index contributed by atoms with van der Waals surface area (Å²) in [5, 5.41) is 4.83. The summed E-state index contributed by atoms with van der Waals surface area (Å²) in [6.07, 6.45) is 5.66. The van der Waals surface area contributed by atoms with E-state index in [1.165, 1.54) is 18.2 Å². The number of carbonyl (C=O) groups is 2. The van der Waals surface area contributed by atoms with Crippen molar-refractivity contribution in [1.82, 2.24) is 20.3 Å². The maximum atomic E-state index is 12.2. The molecular formula is C18H21N5O2S. The van der Waals surface area contributed by atoms with E-state index in [0.29, 0.717) is 16.7 Å². The lowest BCUT2D eigenvalue weighted by Gasteiger charge is -2.30. The molecule has 0 spiro atoms. The molecule has 0 bridgehead atoms. The average Bonchev–Trinajstić information content (AvgIpc) is 3.23. The Morgan fingerprint density at radius 1 is 1.31 bits per heavy atom. The minimum absolute atomic E-state index is 0.0900.